The summed E-state index contributed by atoms with van der Waals surface area (Å²) in [6, 6.07) is 6.61. The van der Waals surface area contributed by atoms with Gasteiger partial charge in [-0.05, 0) is 31.2 Å². The maximum absolute atomic E-state index is 11.8. The summed E-state index contributed by atoms with van der Waals surface area (Å²) in [5, 5.41) is 7.33. The maximum atomic E-state index is 11.8. The van der Waals surface area contributed by atoms with Crippen molar-refractivity contribution in [3.05, 3.63) is 36.7 Å². The topological polar surface area (TPSA) is 76.0 Å². The predicted molar refractivity (Wildman–Crippen MR) is 78.5 cm³/mol. The third kappa shape index (κ3) is 3.37. The van der Waals surface area contributed by atoms with Gasteiger partial charge in [-0.3, -0.25) is 4.68 Å². The SMILES string of the molecule is CCNS(=O)(=O)c1ccc(Nc2cnn(CC)c2)cc1. The molecule has 108 valence electrons. The van der Waals surface area contributed by atoms with E-state index < -0.39 is 10.0 Å². The fraction of sp³-hybridized carbons (Fsp3) is 0.308. The zero-order chi connectivity index (χ0) is 14.6. The van der Waals surface area contributed by atoms with Crippen LogP contribution in [-0.4, -0.2) is 24.7 Å². The Morgan fingerprint density at radius 1 is 1.15 bits per heavy atom. The van der Waals surface area contributed by atoms with Crippen LogP contribution in [-0.2, 0) is 16.6 Å². The number of rotatable bonds is 6. The highest BCUT2D eigenvalue weighted by Crippen LogP contribution is 2.18. The molecular formula is C13H18N4O2S. The van der Waals surface area contributed by atoms with E-state index in [2.05, 4.69) is 15.1 Å². The Morgan fingerprint density at radius 3 is 2.40 bits per heavy atom. The van der Waals surface area contributed by atoms with E-state index in [0.717, 1.165) is 17.9 Å². The lowest BCUT2D eigenvalue weighted by molar-refractivity contribution is 0.584. The third-order valence-electron chi connectivity index (χ3n) is 2.74. The molecule has 2 aromatic rings. The Bertz CT molecular complexity index is 662. The Balaban J connectivity index is 2.12. The molecule has 7 heteroatoms. The van der Waals surface area contributed by atoms with E-state index in [1.54, 1.807) is 37.4 Å². The van der Waals surface area contributed by atoms with E-state index in [1.807, 2.05) is 17.8 Å². The van der Waals surface area contributed by atoms with E-state index in [4.69, 9.17) is 0 Å². The van der Waals surface area contributed by atoms with Crippen LogP contribution >= 0.6 is 0 Å². The maximum Gasteiger partial charge on any atom is 0.240 e. The Morgan fingerprint density at radius 2 is 1.85 bits per heavy atom. The molecule has 0 fully saturated rings. The summed E-state index contributed by atoms with van der Waals surface area (Å²) in [6.45, 7) is 4.94. The van der Waals surface area contributed by atoms with Crippen LogP contribution < -0.4 is 10.0 Å². The van der Waals surface area contributed by atoms with Crippen LogP contribution in [0.5, 0.6) is 0 Å². The Labute approximate surface area is 118 Å². The summed E-state index contributed by atoms with van der Waals surface area (Å²) in [7, 11) is -3.39. The first-order valence-corrected chi connectivity index (χ1v) is 7.92. The van der Waals surface area contributed by atoms with Gasteiger partial charge in [-0.2, -0.15) is 5.10 Å². The first-order valence-electron chi connectivity index (χ1n) is 6.44. The molecule has 0 aliphatic heterocycles. The van der Waals surface area contributed by atoms with Crippen molar-refractivity contribution in [2.75, 3.05) is 11.9 Å². The highest BCUT2D eigenvalue weighted by molar-refractivity contribution is 7.89. The van der Waals surface area contributed by atoms with Crippen LogP contribution in [0.15, 0.2) is 41.6 Å². The molecule has 1 aromatic carbocycles. The second kappa shape index (κ2) is 6.06. The molecule has 0 atom stereocenters. The molecule has 0 aliphatic rings. The van der Waals surface area contributed by atoms with Gasteiger partial charge in [-0.1, -0.05) is 6.92 Å². The molecular weight excluding hydrogens is 276 g/mol. The smallest absolute Gasteiger partial charge is 0.240 e. The van der Waals surface area contributed by atoms with E-state index in [0.29, 0.717) is 6.54 Å². The second-order valence-electron chi connectivity index (χ2n) is 4.24. The van der Waals surface area contributed by atoms with Gasteiger partial charge in [0.15, 0.2) is 0 Å². The third-order valence-corrected chi connectivity index (χ3v) is 4.31. The van der Waals surface area contributed by atoms with Crippen molar-refractivity contribution >= 4 is 21.4 Å². The number of hydrogen-bond donors (Lipinski definition) is 2. The largest absolute Gasteiger partial charge is 0.353 e. The summed E-state index contributed by atoms with van der Waals surface area (Å²) in [4.78, 5) is 0.258. The zero-order valence-corrected chi connectivity index (χ0v) is 12.3. The van der Waals surface area contributed by atoms with Crippen molar-refractivity contribution in [2.45, 2.75) is 25.3 Å². The summed E-state index contributed by atoms with van der Waals surface area (Å²) < 4.78 is 27.9. The Kier molecular flexibility index (Phi) is 4.41. The molecule has 0 radical (unpaired) electrons. The first kappa shape index (κ1) is 14.5. The number of aromatic nitrogens is 2. The molecule has 0 saturated carbocycles. The molecule has 0 bridgehead atoms. The molecule has 1 heterocycles. The molecule has 0 aliphatic carbocycles. The summed E-state index contributed by atoms with van der Waals surface area (Å²) in [5.74, 6) is 0. The molecule has 6 nitrogen and oxygen atoms in total. The summed E-state index contributed by atoms with van der Waals surface area (Å²) in [6.07, 6.45) is 3.62. The quantitative estimate of drug-likeness (QED) is 0.853. The normalized spacial score (nSPS) is 11.5. The van der Waals surface area contributed by atoms with Crippen LogP contribution in [0, 0.1) is 0 Å². The lowest BCUT2D eigenvalue weighted by Crippen LogP contribution is -2.22. The molecule has 20 heavy (non-hydrogen) atoms. The zero-order valence-electron chi connectivity index (χ0n) is 11.5. The minimum Gasteiger partial charge on any atom is -0.353 e. The minimum absolute atomic E-state index is 0.258. The fourth-order valence-electron chi connectivity index (χ4n) is 1.76. The number of nitrogens with one attached hydrogen (secondary N) is 2. The molecule has 0 unspecified atom stereocenters. The number of hydrogen-bond acceptors (Lipinski definition) is 4. The van der Waals surface area contributed by atoms with Crippen molar-refractivity contribution in [1.82, 2.24) is 14.5 Å². The number of benzene rings is 1. The van der Waals surface area contributed by atoms with Crippen LogP contribution in [0.3, 0.4) is 0 Å². The molecule has 0 amide bonds. The van der Waals surface area contributed by atoms with Crippen LogP contribution in [0.2, 0.25) is 0 Å². The van der Waals surface area contributed by atoms with E-state index in [-0.39, 0.29) is 4.90 Å². The van der Waals surface area contributed by atoms with Gasteiger partial charge < -0.3 is 5.32 Å². The van der Waals surface area contributed by atoms with Gasteiger partial charge >= 0.3 is 0 Å². The molecule has 2 N–H and O–H groups in total. The monoisotopic (exact) mass is 294 g/mol. The molecule has 0 saturated heterocycles. The van der Waals surface area contributed by atoms with Gasteiger partial charge in [0.25, 0.3) is 0 Å². The first-order chi connectivity index (χ1) is 9.55. The van der Waals surface area contributed by atoms with Crippen molar-refractivity contribution in [3.63, 3.8) is 0 Å². The number of anilines is 2. The predicted octanol–water partition coefficient (Wildman–Crippen LogP) is 1.94. The number of sulfonamides is 1. The van der Waals surface area contributed by atoms with Crippen molar-refractivity contribution in [3.8, 4) is 0 Å². The van der Waals surface area contributed by atoms with Gasteiger partial charge in [-0.15, -0.1) is 0 Å². The number of aryl methyl sites for hydroxylation is 1. The van der Waals surface area contributed by atoms with Crippen molar-refractivity contribution in [2.24, 2.45) is 0 Å². The lowest BCUT2D eigenvalue weighted by Gasteiger charge is -2.07. The van der Waals surface area contributed by atoms with Gasteiger partial charge in [0.1, 0.15) is 0 Å². The van der Waals surface area contributed by atoms with Crippen LogP contribution in [0.25, 0.3) is 0 Å². The average Bonchev–Trinajstić information content (AvgIpc) is 2.87. The Hall–Kier alpha value is -1.86. The molecule has 2 rings (SSSR count). The van der Waals surface area contributed by atoms with Crippen LogP contribution in [0.4, 0.5) is 11.4 Å². The van der Waals surface area contributed by atoms with E-state index >= 15 is 0 Å². The van der Waals surface area contributed by atoms with Crippen LogP contribution in [0.1, 0.15) is 13.8 Å². The van der Waals surface area contributed by atoms with Crippen molar-refractivity contribution < 1.29 is 8.42 Å². The number of nitrogens with zero attached hydrogens (tertiary/aromatic N) is 2. The minimum atomic E-state index is -3.39. The highest BCUT2D eigenvalue weighted by atomic mass is 32.2. The van der Waals surface area contributed by atoms with Crippen molar-refractivity contribution in [1.29, 1.82) is 0 Å². The fourth-order valence-corrected chi connectivity index (χ4v) is 2.80. The second-order valence-corrected chi connectivity index (χ2v) is 6.00. The highest BCUT2D eigenvalue weighted by Gasteiger charge is 2.11. The molecule has 0 spiro atoms. The molecule has 1 aromatic heterocycles. The standard InChI is InChI=1S/C13H18N4O2S/c1-3-15-20(18,19)13-7-5-11(6-8-13)16-12-9-14-17(4-2)10-12/h5-10,15-16H,3-4H2,1-2H3. The van der Waals surface area contributed by atoms with E-state index in [1.165, 1.54) is 0 Å². The van der Waals surface area contributed by atoms with Gasteiger partial charge in [-0.25, -0.2) is 13.1 Å². The summed E-state index contributed by atoms with van der Waals surface area (Å²) in [5.41, 5.74) is 1.69. The lowest BCUT2D eigenvalue weighted by atomic mass is 10.3. The average molecular weight is 294 g/mol. The van der Waals surface area contributed by atoms with Gasteiger partial charge in [0.2, 0.25) is 10.0 Å². The van der Waals surface area contributed by atoms with E-state index in [9.17, 15) is 8.42 Å². The van der Waals surface area contributed by atoms with Gasteiger partial charge in [0.05, 0.1) is 16.8 Å². The summed E-state index contributed by atoms with van der Waals surface area (Å²) >= 11 is 0. The van der Waals surface area contributed by atoms with Gasteiger partial charge in [0, 0.05) is 25.0 Å².